The van der Waals surface area contributed by atoms with E-state index in [0.717, 1.165) is 23.0 Å². The van der Waals surface area contributed by atoms with Crippen molar-refractivity contribution in [1.29, 1.82) is 0 Å². The van der Waals surface area contributed by atoms with E-state index in [1.165, 1.54) is 28.1 Å². The van der Waals surface area contributed by atoms with E-state index in [1.807, 2.05) is 18.2 Å². The Balaban J connectivity index is 1.62. The van der Waals surface area contributed by atoms with Gasteiger partial charge in [-0.25, -0.2) is 9.78 Å². The first kappa shape index (κ1) is 16.3. The van der Waals surface area contributed by atoms with Crippen molar-refractivity contribution in [2.45, 2.75) is 25.4 Å². The smallest absolute Gasteiger partial charge is 0.332 e. The molecule has 26 heavy (non-hydrogen) atoms. The van der Waals surface area contributed by atoms with Gasteiger partial charge in [0.1, 0.15) is 6.54 Å². The second kappa shape index (κ2) is 5.98. The first-order chi connectivity index (χ1) is 12.5. The van der Waals surface area contributed by atoms with Gasteiger partial charge in [0.15, 0.2) is 11.2 Å². The number of fused-ring (bicyclic) bond motifs is 2. The Labute approximate surface area is 148 Å². The maximum atomic E-state index is 12.5. The number of nitrogens with one attached hydrogen (secondary N) is 1. The zero-order valence-electron chi connectivity index (χ0n) is 14.6. The normalized spacial score (nSPS) is 16.0. The van der Waals surface area contributed by atoms with Crippen molar-refractivity contribution in [3.8, 4) is 0 Å². The lowest BCUT2D eigenvalue weighted by molar-refractivity contribution is -0.122. The predicted octanol–water partition coefficient (Wildman–Crippen LogP) is 0.237. The van der Waals surface area contributed by atoms with Gasteiger partial charge in [-0.2, -0.15) is 0 Å². The molecule has 0 unspecified atom stereocenters. The highest BCUT2D eigenvalue weighted by Crippen LogP contribution is 2.30. The largest absolute Gasteiger partial charge is 0.348 e. The van der Waals surface area contributed by atoms with E-state index in [0.29, 0.717) is 0 Å². The number of amides is 1. The standard InChI is InChI=1S/C18H19N5O3/c1-21-16-15(17(25)22(2)18(21)26)23(10-19-16)9-14(24)20-13-8-7-11-5-3-4-6-12(11)13/h3-6,10,13H,7-9H2,1-2H3,(H,20,24)/t13-/m0/s1. The summed E-state index contributed by atoms with van der Waals surface area (Å²) in [6.45, 7) is -0.0252. The van der Waals surface area contributed by atoms with Crippen LogP contribution in [-0.2, 0) is 31.9 Å². The van der Waals surface area contributed by atoms with Gasteiger partial charge >= 0.3 is 5.69 Å². The van der Waals surface area contributed by atoms with Crippen molar-refractivity contribution >= 4 is 17.1 Å². The zero-order valence-corrected chi connectivity index (χ0v) is 14.6. The van der Waals surface area contributed by atoms with Gasteiger partial charge in [-0.05, 0) is 24.0 Å². The SMILES string of the molecule is Cn1c(=O)c2c(ncn2CC(=O)N[C@H]2CCc3ccccc32)n(C)c1=O. The first-order valence-corrected chi connectivity index (χ1v) is 8.45. The molecule has 8 heteroatoms. The molecule has 3 aromatic rings. The number of nitrogens with zero attached hydrogens (tertiary/aromatic N) is 4. The van der Waals surface area contributed by atoms with E-state index in [9.17, 15) is 14.4 Å². The number of hydrogen-bond donors (Lipinski definition) is 1. The van der Waals surface area contributed by atoms with Crippen molar-refractivity contribution in [2.75, 3.05) is 0 Å². The Morgan fingerprint density at radius 1 is 1.23 bits per heavy atom. The van der Waals surface area contributed by atoms with Crippen LogP contribution < -0.4 is 16.6 Å². The van der Waals surface area contributed by atoms with Crippen LogP contribution in [0.25, 0.3) is 11.2 Å². The number of hydrogen-bond acceptors (Lipinski definition) is 4. The summed E-state index contributed by atoms with van der Waals surface area (Å²) in [5, 5.41) is 3.03. The molecule has 1 amide bonds. The summed E-state index contributed by atoms with van der Waals surface area (Å²) in [6, 6.07) is 8.07. The number of carbonyl (C=O) groups excluding carboxylic acids is 1. The molecule has 8 nitrogen and oxygen atoms in total. The van der Waals surface area contributed by atoms with Crippen LogP contribution in [0, 0.1) is 0 Å². The zero-order chi connectivity index (χ0) is 18.4. The number of benzene rings is 1. The molecule has 1 aliphatic rings. The van der Waals surface area contributed by atoms with Crippen LogP contribution in [0.4, 0.5) is 0 Å². The minimum absolute atomic E-state index is 0.0133. The number of carbonyl (C=O) groups is 1. The minimum Gasteiger partial charge on any atom is -0.348 e. The minimum atomic E-state index is -0.459. The average molecular weight is 353 g/mol. The summed E-state index contributed by atoms with van der Waals surface area (Å²) in [4.78, 5) is 41.1. The van der Waals surface area contributed by atoms with Crippen molar-refractivity contribution in [3.05, 3.63) is 62.6 Å². The molecule has 1 aromatic carbocycles. The number of aryl methyl sites for hydroxylation is 2. The summed E-state index contributed by atoms with van der Waals surface area (Å²) >= 11 is 0. The maximum Gasteiger partial charge on any atom is 0.332 e. The molecule has 1 N–H and O–H groups in total. The molecule has 0 bridgehead atoms. The van der Waals surface area contributed by atoms with Gasteiger partial charge in [0.05, 0.1) is 12.4 Å². The van der Waals surface area contributed by atoms with Crippen molar-refractivity contribution in [1.82, 2.24) is 24.0 Å². The molecule has 1 aliphatic carbocycles. The van der Waals surface area contributed by atoms with Gasteiger partial charge in [0, 0.05) is 14.1 Å². The molecule has 0 aliphatic heterocycles. The average Bonchev–Trinajstić information content (AvgIpc) is 3.23. The number of aromatic nitrogens is 4. The molecule has 0 saturated heterocycles. The quantitative estimate of drug-likeness (QED) is 0.730. The molecule has 1 atom stereocenters. The highest BCUT2D eigenvalue weighted by molar-refractivity contribution is 5.79. The van der Waals surface area contributed by atoms with Crippen molar-refractivity contribution in [2.24, 2.45) is 14.1 Å². The van der Waals surface area contributed by atoms with Gasteiger partial charge in [0.25, 0.3) is 5.56 Å². The van der Waals surface area contributed by atoms with E-state index in [2.05, 4.69) is 16.4 Å². The fourth-order valence-corrected chi connectivity index (χ4v) is 3.62. The summed E-state index contributed by atoms with van der Waals surface area (Å²) in [5.74, 6) is -0.193. The highest BCUT2D eigenvalue weighted by Gasteiger charge is 2.24. The summed E-state index contributed by atoms with van der Waals surface area (Å²) in [5.41, 5.74) is 2.03. The van der Waals surface area contributed by atoms with Gasteiger partial charge in [-0.1, -0.05) is 24.3 Å². The highest BCUT2D eigenvalue weighted by atomic mass is 16.2. The molecule has 0 fully saturated rings. The molecule has 134 valence electrons. The van der Waals surface area contributed by atoms with Crippen LogP contribution in [0.1, 0.15) is 23.6 Å². The monoisotopic (exact) mass is 353 g/mol. The summed E-state index contributed by atoms with van der Waals surface area (Å²) in [7, 11) is 2.97. The molecule has 0 saturated carbocycles. The third-order valence-corrected chi connectivity index (χ3v) is 5.00. The Hall–Kier alpha value is -3.16. The third kappa shape index (κ3) is 2.45. The van der Waals surface area contributed by atoms with Crippen LogP contribution >= 0.6 is 0 Å². The Morgan fingerprint density at radius 2 is 2.00 bits per heavy atom. The molecular weight excluding hydrogens is 334 g/mol. The van der Waals surface area contributed by atoms with E-state index >= 15 is 0 Å². The molecule has 4 rings (SSSR count). The fourth-order valence-electron chi connectivity index (χ4n) is 3.62. The predicted molar refractivity (Wildman–Crippen MR) is 95.9 cm³/mol. The van der Waals surface area contributed by atoms with E-state index in [4.69, 9.17) is 0 Å². The Bertz CT molecular complexity index is 1140. The molecule has 0 spiro atoms. The van der Waals surface area contributed by atoms with Gasteiger partial charge in [-0.3, -0.25) is 18.7 Å². The topological polar surface area (TPSA) is 90.9 Å². The van der Waals surface area contributed by atoms with Crippen LogP contribution in [0.15, 0.2) is 40.2 Å². The van der Waals surface area contributed by atoms with Crippen molar-refractivity contribution < 1.29 is 4.79 Å². The van der Waals surface area contributed by atoms with Gasteiger partial charge < -0.3 is 9.88 Å². The third-order valence-electron chi connectivity index (χ3n) is 5.00. The fraction of sp³-hybridized carbons (Fsp3) is 0.333. The van der Waals surface area contributed by atoms with Gasteiger partial charge in [-0.15, -0.1) is 0 Å². The second-order valence-corrected chi connectivity index (χ2v) is 6.61. The summed E-state index contributed by atoms with van der Waals surface area (Å²) < 4.78 is 3.82. The molecule has 0 radical (unpaired) electrons. The first-order valence-electron chi connectivity index (χ1n) is 8.45. The van der Waals surface area contributed by atoms with Crippen molar-refractivity contribution in [3.63, 3.8) is 0 Å². The molecular formula is C18H19N5O3. The Morgan fingerprint density at radius 3 is 2.81 bits per heavy atom. The van der Waals surface area contributed by atoms with Gasteiger partial charge in [0.2, 0.25) is 5.91 Å². The lowest BCUT2D eigenvalue weighted by Crippen LogP contribution is -2.38. The lowest BCUT2D eigenvalue weighted by atomic mass is 10.1. The van der Waals surface area contributed by atoms with Crippen LogP contribution in [-0.4, -0.2) is 24.6 Å². The van der Waals surface area contributed by atoms with Crippen LogP contribution in [0.2, 0.25) is 0 Å². The summed E-state index contributed by atoms with van der Waals surface area (Å²) in [6.07, 6.45) is 3.23. The van der Waals surface area contributed by atoms with E-state index in [1.54, 1.807) is 7.05 Å². The number of imidazole rings is 1. The lowest BCUT2D eigenvalue weighted by Gasteiger charge is -2.14. The van der Waals surface area contributed by atoms with E-state index in [-0.39, 0.29) is 29.7 Å². The van der Waals surface area contributed by atoms with Crippen LogP contribution in [0.3, 0.4) is 0 Å². The number of rotatable bonds is 3. The van der Waals surface area contributed by atoms with E-state index < -0.39 is 11.2 Å². The Kier molecular flexibility index (Phi) is 3.75. The second-order valence-electron chi connectivity index (χ2n) is 6.61. The van der Waals surface area contributed by atoms with Crippen LogP contribution in [0.5, 0.6) is 0 Å². The maximum absolute atomic E-state index is 12.5. The molecule has 2 heterocycles. The molecule has 2 aromatic heterocycles.